The van der Waals surface area contributed by atoms with E-state index in [4.69, 9.17) is 0 Å². The Morgan fingerprint density at radius 2 is 2.27 bits per heavy atom. The Kier molecular flexibility index (Phi) is 4.20. The van der Waals surface area contributed by atoms with Crippen LogP contribution in [0.4, 0.5) is 5.69 Å². The molecule has 2 N–H and O–H groups in total. The number of imidazole rings is 1. The molecule has 1 aliphatic heterocycles. The maximum atomic E-state index is 12.5. The fourth-order valence-corrected chi connectivity index (χ4v) is 2.89. The number of rotatable bonds is 3. The Morgan fingerprint density at radius 3 is 3.00 bits per heavy atom. The lowest BCUT2D eigenvalue weighted by Crippen LogP contribution is -2.40. The Hall–Kier alpha value is -2.21. The van der Waals surface area contributed by atoms with Crippen molar-refractivity contribution in [2.75, 3.05) is 11.9 Å². The zero-order valence-electron chi connectivity index (χ0n) is 12.9. The molecule has 0 bridgehead atoms. The van der Waals surface area contributed by atoms with Crippen LogP contribution in [0.1, 0.15) is 25.6 Å². The van der Waals surface area contributed by atoms with Crippen LogP contribution in [-0.2, 0) is 4.79 Å². The Labute approximate surface area is 130 Å². The lowest BCUT2D eigenvalue weighted by molar-refractivity contribution is -0.120. The van der Waals surface area contributed by atoms with E-state index in [1.807, 2.05) is 29.8 Å². The van der Waals surface area contributed by atoms with Crippen molar-refractivity contribution < 1.29 is 4.79 Å². The molecule has 2 aromatic heterocycles. The van der Waals surface area contributed by atoms with Gasteiger partial charge in [0, 0.05) is 30.6 Å². The molecular weight excluding hydrogens is 278 g/mol. The van der Waals surface area contributed by atoms with Crippen molar-refractivity contribution in [2.24, 2.45) is 5.92 Å². The van der Waals surface area contributed by atoms with Crippen molar-refractivity contribution in [3.63, 3.8) is 0 Å². The number of hydrogen-bond donors (Lipinski definition) is 2. The molecule has 6 heteroatoms. The first-order valence-electron chi connectivity index (χ1n) is 7.64. The first-order chi connectivity index (χ1) is 10.6. The quantitative estimate of drug-likeness (QED) is 0.908. The van der Waals surface area contributed by atoms with E-state index in [-0.39, 0.29) is 11.8 Å². The highest BCUT2D eigenvalue weighted by Crippen LogP contribution is 2.22. The van der Waals surface area contributed by atoms with Crippen molar-refractivity contribution in [1.29, 1.82) is 0 Å². The van der Waals surface area contributed by atoms with E-state index < -0.39 is 0 Å². The molecule has 1 aliphatic rings. The van der Waals surface area contributed by atoms with Crippen LogP contribution >= 0.6 is 0 Å². The number of nitrogens with one attached hydrogen (secondary N) is 2. The highest BCUT2D eigenvalue weighted by atomic mass is 16.1. The summed E-state index contributed by atoms with van der Waals surface area (Å²) in [5.74, 6) is 1.66. The van der Waals surface area contributed by atoms with E-state index in [9.17, 15) is 4.79 Å². The van der Waals surface area contributed by atoms with Crippen LogP contribution in [0, 0.1) is 12.8 Å². The molecular formula is C16H21N5O. The van der Waals surface area contributed by atoms with Gasteiger partial charge in [0.1, 0.15) is 5.82 Å². The minimum absolute atomic E-state index is 0.0493. The zero-order chi connectivity index (χ0) is 15.5. The predicted molar refractivity (Wildman–Crippen MR) is 84.9 cm³/mol. The number of pyridine rings is 1. The minimum Gasteiger partial charge on any atom is -0.323 e. The third-order valence-electron chi connectivity index (χ3n) is 4.09. The van der Waals surface area contributed by atoms with Gasteiger partial charge < -0.3 is 10.6 Å². The van der Waals surface area contributed by atoms with Gasteiger partial charge in [-0.25, -0.2) is 9.97 Å². The van der Waals surface area contributed by atoms with Crippen molar-refractivity contribution in [1.82, 2.24) is 19.9 Å². The summed E-state index contributed by atoms with van der Waals surface area (Å²) in [5.41, 5.74) is 0.722. The third-order valence-corrected chi connectivity index (χ3v) is 4.09. The molecule has 1 saturated heterocycles. The third kappa shape index (κ3) is 3.01. The van der Waals surface area contributed by atoms with Crippen LogP contribution in [0.2, 0.25) is 0 Å². The summed E-state index contributed by atoms with van der Waals surface area (Å²) in [6.07, 6.45) is 7.03. The maximum Gasteiger partial charge on any atom is 0.227 e. The summed E-state index contributed by atoms with van der Waals surface area (Å²) in [4.78, 5) is 21.1. The van der Waals surface area contributed by atoms with Crippen LogP contribution in [0.15, 0.2) is 30.7 Å². The number of anilines is 1. The van der Waals surface area contributed by atoms with Crippen LogP contribution < -0.4 is 10.6 Å². The average molecular weight is 299 g/mol. The number of carbonyl (C=O) groups is 1. The molecule has 3 heterocycles. The number of piperidine rings is 1. The second-order valence-corrected chi connectivity index (χ2v) is 5.78. The largest absolute Gasteiger partial charge is 0.323 e. The maximum absolute atomic E-state index is 12.5. The molecule has 2 atom stereocenters. The van der Waals surface area contributed by atoms with Gasteiger partial charge in [0.25, 0.3) is 0 Å². The lowest BCUT2D eigenvalue weighted by atomic mass is 9.92. The van der Waals surface area contributed by atoms with E-state index in [2.05, 4.69) is 27.5 Å². The van der Waals surface area contributed by atoms with Crippen molar-refractivity contribution in [2.45, 2.75) is 32.7 Å². The van der Waals surface area contributed by atoms with Crippen LogP contribution in [0.5, 0.6) is 0 Å². The number of aromatic nitrogens is 3. The first kappa shape index (κ1) is 14.7. The van der Waals surface area contributed by atoms with Crippen molar-refractivity contribution >= 4 is 11.6 Å². The van der Waals surface area contributed by atoms with E-state index in [0.717, 1.165) is 30.9 Å². The van der Waals surface area contributed by atoms with Gasteiger partial charge >= 0.3 is 0 Å². The number of carbonyl (C=O) groups excluding carboxylic acids is 1. The van der Waals surface area contributed by atoms with Gasteiger partial charge in [0.15, 0.2) is 5.82 Å². The number of hydrogen-bond acceptors (Lipinski definition) is 4. The fourth-order valence-electron chi connectivity index (χ4n) is 2.89. The monoisotopic (exact) mass is 299 g/mol. The number of nitrogens with zero attached hydrogens (tertiary/aromatic N) is 3. The van der Waals surface area contributed by atoms with Gasteiger partial charge in [-0.1, -0.05) is 0 Å². The smallest absolute Gasteiger partial charge is 0.227 e. The zero-order valence-corrected chi connectivity index (χ0v) is 12.9. The van der Waals surface area contributed by atoms with E-state index in [0.29, 0.717) is 11.9 Å². The summed E-state index contributed by atoms with van der Waals surface area (Å²) in [6, 6.07) is 4.09. The summed E-state index contributed by atoms with van der Waals surface area (Å²) >= 11 is 0. The van der Waals surface area contributed by atoms with Gasteiger partial charge in [-0.2, -0.15) is 0 Å². The summed E-state index contributed by atoms with van der Waals surface area (Å²) in [7, 11) is 0. The molecule has 3 rings (SSSR count). The molecule has 116 valence electrons. The molecule has 0 aliphatic carbocycles. The Morgan fingerprint density at radius 1 is 1.41 bits per heavy atom. The Bertz CT molecular complexity index is 666. The van der Waals surface area contributed by atoms with Crippen molar-refractivity contribution in [3.05, 3.63) is 36.5 Å². The minimum atomic E-state index is 0.0493. The first-order valence-corrected chi connectivity index (χ1v) is 7.64. The molecule has 1 amide bonds. The van der Waals surface area contributed by atoms with Gasteiger partial charge in [-0.3, -0.25) is 9.36 Å². The van der Waals surface area contributed by atoms with Crippen LogP contribution in [0.25, 0.3) is 5.82 Å². The standard InChI is InChI=1S/C16H21N5O/c1-11-10-13(5-7-17-11)16(22)20-14-4-3-6-19-15(14)21-9-8-18-12(21)2/h3-4,6,8-9,11,13,17H,5,7,10H2,1-2H3,(H,20,22)/t11-,13-/m0/s1. The molecule has 22 heavy (non-hydrogen) atoms. The molecule has 6 nitrogen and oxygen atoms in total. The fraction of sp³-hybridized carbons (Fsp3) is 0.438. The van der Waals surface area contributed by atoms with Gasteiger partial charge in [0.05, 0.1) is 5.69 Å². The SMILES string of the molecule is Cc1nccn1-c1ncccc1NC(=O)[C@H]1CCN[C@@H](C)C1. The molecule has 2 aromatic rings. The molecule has 0 radical (unpaired) electrons. The van der Waals surface area contributed by atoms with E-state index in [1.54, 1.807) is 12.4 Å². The molecule has 1 fully saturated rings. The molecule has 0 unspecified atom stereocenters. The van der Waals surface area contributed by atoms with Gasteiger partial charge in [-0.15, -0.1) is 0 Å². The lowest BCUT2D eigenvalue weighted by Gasteiger charge is -2.27. The predicted octanol–water partition coefficient (Wildman–Crippen LogP) is 1.90. The van der Waals surface area contributed by atoms with E-state index >= 15 is 0 Å². The summed E-state index contributed by atoms with van der Waals surface area (Å²) in [5, 5.41) is 6.41. The number of aryl methyl sites for hydroxylation is 1. The summed E-state index contributed by atoms with van der Waals surface area (Å²) < 4.78 is 1.88. The molecule has 0 saturated carbocycles. The molecule has 0 spiro atoms. The summed E-state index contributed by atoms with van der Waals surface area (Å²) in [6.45, 7) is 4.92. The molecule has 0 aromatic carbocycles. The van der Waals surface area contributed by atoms with Crippen LogP contribution in [-0.4, -0.2) is 33.0 Å². The normalized spacial score (nSPS) is 21.5. The average Bonchev–Trinajstić information content (AvgIpc) is 2.94. The second kappa shape index (κ2) is 6.27. The topological polar surface area (TPSA) is 71.8 Å². The van der Waals surface area contributed by atoms with Crippen molar-refractivity contribution in [3.8, 4) is 5.82 Å². The van der Waals surface area contributed by atoms with Gasteiger partial charge in [-0.05, 0) is 45.4 Å². The highest BCUT2D eigenvalue weighted by Gasteiger charge is 2.25. The van der Waals surface area contributed by atoms with Crippen LogP contribution in [0.3, 0.4) is 0 Å². The Balaban J connectivity index is 1.81. The second-order valence-electron chi connectivity index (χ2n) is 5.78. The number of amides is 1. The van der Waals surface area contributed by atoms with E-state index in [1.165, 1.54) is 0 Å². The highest BCUT2D eigenvalue weighted by molar-refractivity contribution is 5.94. The van der Waals surface area contributed by atoms with Gasteiger partial charge in [0.2, 0.25) is 5.91 Å².